The van der Waals surface area contributed by atoms with E-state index in [0.29, 0.717) is 0 Å². The summed E-state index contributed by atoms with van der Waals surface area (Å²) < 4.78 is 69.4. The molecular formula is C5H6F6O4. The predicted molar refractivity (Wildman–Crippen MR) is 34.2 cm³/mol. The highest BCUT2D eigenvalue weighted by Gasteiger charge is 2.59. The fourth-order valence-electron chi connectivity index (χ4n) is 0.389. The van der Waals surface area contributed by atoms with Gasteiger partial charge >= 0.3 is 17.9 Å². The van der Waals surface area contributed by atoms with E-state index in [4.69, 9.17) is 0 Å². The molecule has 0 fully saturated rings. The van der Waals surface area contributed by atoms with Crippen molar-refractivity contribution in [3.8, 4) is 0 Å². The topological polar surface area (TPSA) is 97.1 Å². The van der Waals surface area contributed by atoms with Crippen LogP contribution in [0.4, 0.5) is 26.3 Å². The first kappa shape index (κ1) is 19.4. The largest absolute Gasteiger partial charge is 0.456 e. The molecule has 4 nitrogen and oxygen atoms in total. The van der Waals surface area contributed by atoms with Crippen molar-refractivity contribution in [1.29, 1.82) is 0 Å². The molecular weight excluding hydrogens is 238 g/mol. The Morgan fingerprint density at radius 2 is 1.27 bits per heavy atom. The predicted octanol–water partition coefficient (Wildman–Crippen LogP) is -0.358. The Hall–Kier alpha value is -1.16. The summed E-state index contributed by atoms with van der Waals surface area (Å²) in [5.41, 5.74) is 0. The Bertz CT molecular complexity index is 234. The van der Waals surface area contributed by atoms with Crippen LogP contribution in [0.3, 0.4) is 0 Å². The molecule has 10 heteroatoms. The highest BCUT2D eigenvalue weighted by Crippen LogP contribution is 2.28. The lowest BCUT2D eigenvalue weighted by molar-refractivity contribution is -0.196. The van der Waals surface area contributed by atoms with Crippen molar-refractivity contribution >= 4 is 11.6 Å². The van der Waals surface area contributed by atoms with Crippen LogP contribution in [-0.2, 0) is 9.59 Å². The van der Waals surface area contributed by atoms with Crippen molar-refractivity contribution in [2.75, 3.05) is 6.67 Å². The Morgan fingerprint density at radius 1 is 0.933 bits per heavy atom. The molecule has 0 aliphatic rings. The van der Waals surface area contributed by atoms with Crippen molar-refractivity contribution in [1.82, 2.24) is 0 Å². The first-order chi connectivity index (χ1) is 5.64. The molecule has 0 saturated carbocycles. The van der Waals surface area contributed by atoms with Gasteiger partial charge in [-0.15, -0.1) is 0 Å². The van der Waals surface area contributed by atoms with Crippen LogP contribution in [0.2, 0.25) is 0 Å². The van der Waals surface area contributed by atoms with Crippen LogP contribution in [0.5, 0.6) is 0 Å². The van der Waals surface area contributed by atoms with Crippen LogP contribution < -0.4 is 0 Å². The van der Waals surface area contributed by atoms with Crippen molar-refractivity contribution in [3.63, 3.8) is 0 Å². The van der Waals surface area contributed by atoms with Crippen LogP contribution in [0, 0.1) is 0 Å². The summed E-state index contributed by atoms with van der Waals surface area (Å²) in [6, 6.07) is 0. The minimum Gasteiger partial charge on any atom is -0.412 e. The Kier molecular flexibility index (Phi) is 7.32. The van der Waals surface area contributed by atoms with Crippen LogP contribution in [-0.4, -0.2) is 41.3 Å². The smallest absolute Gasteiger partial charge is 0.412 e. The van der Waals surface area contributed by atoms with Crippen molar-refractivity contribution in [2.45, 2.75) is 12.1 Å². The molecule has 0 rings (SSSR count). The van der Waals surface area contributed by atoms with Crippen molar-refractivity contribution in [2.24, 2.45) is 0 Å². The minimum absolute atomic E-state index is 0. The van der Waals surface area contributed by atoms with E-state index in [0.717, 1.165) is 0 Å². The molecule has 0 spiro atoms. The first-order valence-corrected chi connectivity index (χ1v) is 2.72. The normalized spacial score (nSPS) is 11.1. The maximum atomic E-state index is 12.0. The van der Waals surface area contributed by atoms with Gasteiger partial charge in [-0.1, -0.05) is 0 Å². The number of hydrogen-bond acceptors (Lipinski definition) is 2. The lowest BCUT2D eigenvalue weighted by atomic mass is 10.1. The fourth-order valence-corrected chi connectivity index (χ4v) is 0.389. The zero-order valence-corrected chi connectivity index (χ0v) is 6.79. The van der Waals surface area contributed by atoms with Gasteiger partial charge in [0.2, 0.25) is 5.78 Å². The number of carbonyl (C=O) groups is 2. The molecule has 0 aliphatic carbocycles. The first-order valence-electron chi connectivity index (χ1n) is 2.72. The van der Waals surface area contributed by atoms with E-state index in [1.807, 2.05) is 0 Å². The molecule has 0 aromatic heterocycles. The molecule has 0 unspecified atom stereocenters. The molecule has 0 saturated heterocycles. The van der Waals surface area contributed by atoms with Crippen LogP contribution in [0.25, 0.3) is 0 Å². The molecule has 0 heterocycles. The third kappa shape index (κ3) is 4.25. The third-order valence-electron chi connectivity index (χ3n) is 1.01. The van der Waals surface area contributed by atoms with E-state index in [1.165, 1.54) is 0 Å². The average molecular weight is 244 g/mol. The maximum Gasteiger partial charge on any atom is 0.456 e. The number of ketones is 2. The SMILES string of the molecule is O.O.O=C(CF)C(F)(F)C(=O)C(F)(F)F. The summed E-state index contributed by atoms with van der Waals surface area (Å²) in [5.74, 6) is -11.6. The Labute approximate surface area is 78.5 Å². The number of halogens is 6. The summed E-state index contributed by atoms with van der Waals surface area (Å²) in [6.07, 6.45) is -5.85. The van der Waals surface area contributed by atoms with E-state index in [9.17, 15) is 35.9 Å². The second-order valence-corrected chi connectivity index (χ2v) is 1.96. The number of rotatable bonds is 3. The zero-order chi connectivity index (χ0) is 10.9. The lowest BCUT2D eigenvalue weighted by Crippen LogP contribution is -2.46. The summed E-state index contributed by atoms with van der Waals surface area (Å²) in [4.78, 5) is 19.7. The number of Topliss-reactive ketones (excluding diaryl/α,β-unsaturated/α-hetero) is 2. The number of hydrogen-bond donors (Lipinski definition) is 0. The average Bonchev–Trinajstić information content (AvgIpc) is 1.99. The highest BCUT2D eigenvalue weighted by atomic mass is 19.4. The van der Waals surface area contributed by atoms with Gasteiger partial charge in [-0.2, -0.15) is 22.0 Å². The molecule has 0 radical (unpaired) electrons. The van der Waals surface area contributed by atoms with E-state index < -0.39 is 30.3 Å². The van der Waals surface area contributed by atoms with Crippen LogP contribution >= 0.6 is 0 Å². The quantitative estimate of drug-likeness (QED) is 0.500. The standard InChI is InChI=1S/C5H2F6O2.2H2O/c6-1-2(12)4(7,8)3(13)5(9,10)11;;/h1H2;2*1H2. The Balaban J connectivity index is -0.000000720. The summed E-state index contributed by atoms with van der Waals surface area (Å²) in [5, 5.41) is 0. The van der Waals surface area contributed by atoms with Gasteiger partial charge in [-0.05, 0) is 0 Å². The summed E-state index contributed by atoms with van der Waals surface area (Å²) in [7, 11) is 0. The molecule has 0 aromatic carbocycles. The van der Waals surface area contributed by atoms with Gasteiger partial charge < -0.3 is 11.0 Å². The fraction of sp³-hybridized carbons (Fsp3) is 0.600. The second kappa shape index (κ2) is 5.66. The summed E-state index contributed by atoms with van der Waals surface area (Å²) in [6.45, 7) is -2.32. The van der Waals surface area contributed by atoms with E-state index >= 15 is 0 Å². The van der Waals surface area contributed by atoms with Crippen molar-refractivity contribution < 1.29 is 46.9 Å². The molecule has 0 bridgehead atoms. The van der Waals surface area contributed by atoms with E-state index in [-0.39, 0.29) is 11.0 Å². The molecule has 0 amide bonds. The maximum absolute atomic E-state index is 12.0. The molecule has 0 atom stereocenters. The van der Waals surface area contributed by atoms with Crippen LogP contribution in [0.1, 0.15) is 0 Å². The van der Waals surface area contributed by atoms with Gasteiger partial charge in [0.05, 0.1) is 0 Å². The van der Waals surface area contributed by atoms with Crippen LogP contribution in [0.15, 0.2) is 0 Å². The lowest BCUT2D eigenvalue weighted by Gasteiger charge is -2.13. The summed E-state index contributed by atoms with van der Waals surface area (Å²) >= 11 is 0. The van der Waals surface area contributed by atoms with Gasteiger partial charge in [0.25, 0.3) is 0 Å². The zero-order valence-electron chi connectivity index (χ0n) is 6.79. The Morgan fingerprint density at radius 3 is 1.47 bits per heavy atom. The van der Waals surface area contributed by atoms with Gasteiger partial charge in [0.1, 0.15) is 0 Å². The number of carbonyl (C=O) groups excluding carboxylic acids is 2. The molecule has 92 valence electrons. The van der Waals surface area contributed by atoms with Crippen molar-refractivity contribution in [3.05, 3.63) is 0 Å². The van der Waals surface area contributed by atoms with E-state index in [1.54, 1.807) is 0 Å². The number of alkyl halides is 6. The van der Waals surface area contributed by atoms with Gasteiger partial charge in [-0.25, -0.2) is 4.39 Å². The molecule has 0 aliphatic heterocycles. The monoisotopic (exact) mass is 244 g/mol. The third-order valence-corrected chi connectivity index (χ3v) is 1.01. The van der Waals surface area contributed by atoms with Gasteiger partial charge in [0.15, 0.2) is 6.67 Å². The molecule has 0 aromatic rings. The van der Waals surface area contributed by atoms with Gasteiger partial charge in [-0.3, -0.25) is 9.59 Å². The van der Waals surface area contributed by atoms with Gasteiger partial charge in [0, 0.05) is 0 Å². The highest BCUT2D eigenvalue weighted by molar-refractivity contribution is 6.11. The molecule has 4 N–H and O–H groups in total. The second-order valence-electron chi connectivity index (χ2n) is 1.96. The minimum atomic E-state index is -5.85. The molecule has 15 heavy (non-hydrogen) atoms. The van der Waals surface area contributed by atoms with E-state index in [2.05, 4.69) is 0 Å².